The van der Waals surface area contributed by atoms with Gasteiger partial charge in [0, 0.05) is 6.20 Å². The molecule has 0 radical (unpaired) electrons. The van der Waals surface area contributed by atoms with Crippen molar-refractivity contribution in [2.24, 2.45) is 0 Å². The van der Waals surface area contributed by atoms with E-state index in [1.807, 2.05) is 18.2 Å². The van der Waals surface area contributed by atoms with Crippen LogP contribution in [0.5, 0.6) is 11.6 Å². The Hall–Kier alpha value is -3.37. The van der Waals surface area contributed by atoms with Crippen LogP contribution in [0.3, 0.4) is 0 Å². The zero-order chi connectivity index (χ0) is 21.7. The molecule has 1 atom stereocenters. The highest BCUT2D eigenvalue weighted by Crippen LogP contribution is 2.28. The number of nitrogens with zero attached hydrogens (tertiary/aromatic N) is 2. The molecule has 1 aromatic heterocycles. The Morgan fingerprint density at radius 3 is 2.53 bits per heavy atom. The van der Waals surface area contributed by atoms with Crippen molar-refractivity contribution in [2.75, 3.05) is 4.72 Å². The van der Waals surface area contributed by atoms with Crippen LogP contribution in [-0.4, -0.2) is 13.4 Å². The second-order valence-electron chi connectivity index (χ2n) is 7.03. The lowest BCUT2D eigenvalue weighted by atomic mass is 9.99. The molecule has 30 heavy (non-hydrogen) atoms. The first-order chi connectivity index (χ1) is 14.3. The molecule has 0 saturated heterocycles. The molecule has 6 nitrogen and oxygen atoms in total. The molecule has 0 aliphatic carbocycles. The van der Waals surface area contributed by atoms with Gasteiger partial charge in [0.15, 0.2) is 0 Å². The number of nitrogens with one attached hydrogen (secondary N) is 1. The second-order valence-corrected chi connectivity index (χ2v) is 8.71. The summed E-state index contributed by atoms with van der Waals surface area (Å²) in [4.78, 5) is 4.27. The molecule has 0 bridgehead atoms. The van der Waals surface area contributed by atoms with Crippen molar-refractivity contribution in [3.8, 4) is 17.7 Å². The minimum atomic E-state index is -3.71. The van der Waals surface area contributed by atoms with E-state index in [1.165, 1.54) is 6.20 Å². The lowest BCUT2D eigenvalue weighted by molar-refractivity contribution is 0.461. The average Bonchev–Trinajstić information content (AvgIpc) is 2.75. The van der Waals surface area contributed by atoms with E-state index < -0.39 is 10.0 Å². The van der Waals surface area contributed by atoms with Crippen molar-refractivity contribution in [3.63, 3.8) is 0 Å². The summed E-state index contributed by atoms with van der Waals surface area (Å²) in [7, 11) is -3.71. The second kappa shape index (κ2) is 8.97. The quantitative estimate of drug-likeness (QED) is 0.554. The van der Waals surface area contributed by atoms with Gasteiger partial charge in [-0.2, -0.15) is 5.26 Å². The minimum Gasteiger partial charge on any atom is -0.438 e. The van der Waals surface area contributed by atoms with Crippen molar-refractivity contribution >= 4 is 15.7 Å². The molecule has 1 N–H and O–H groups in total. The molecule has 0 aliphatic rings. The third kappa shape index (κ3) is 4.78. The van der Waals surface area contributed by atoms with E-state index in [0.29, 0.717) is 28.5 Å². The van der Waals surface area contributed by atoms with Crippen LogP contribution in [0.25, 0.3) is 0 Å². The number of pyridine rings is 1. The fourth-order valence-electron chi connectivity index (χ4n) is 2.90. The predicted octanol–water partition coefficient (Wildman–Crippen LogP) is 5.37. The number of hydrogen-bond acceptors (Lipinski definition) is 5. The Morgan fingerprint density at radius 2 is 1.90 bits per heavy atom. The molecular weight excluding hydrogens is 398 g/mol. The first-order valence-electron chi connectivity index (χ1n) is 9.60. The fourth-order valence-corrected chi connectivity index (χ4v) is 4.03. The van der Waals surface area contributed by atoms with Crippen LogP contribution < -0.4 is 9.46 Å². The summed E-state index contributed by atoms with van der Waals surface area (Å²) >= 11 is 0. The van der Waals surface area contributed by atoms with E-state index in [9.17, 15) is 8.42 Å². The molecule has 0 amide bonds. The number of hydrogen-bond donors (Lipinski definition) is 1. The van der Waals surface area contributed by atoms with Crippen molar-refractivity contribution in [2.45, 2.75) is 38.0 Å². The third-order valence-electron chi connectivity index (χ3n) is 4.92. The predicted molar refractivity (Wildman–Crippen MR) is 116 cm³/mol. The highest BCUT2D eigenvalue weighted by Gasteiger charge is 2.16. The zero-order valence-electron chi connectivity index (χ0n) is 17.1. The lowest BCUT2D eigenvalue weighted by Gasteiger charge is -2.14. The van der Waals surface area contributed by atoms with Crippen molar-refractivity contribution in [1.29, 1.82) is 5.26 Å². The van der Waals surface area contributed by atoms with Gasteiger partial charge < -0.3 is 4.74 Å². The monoisotopic (exact) mass is 421 g/mol. The molecule has 154 valence electrons. The van der Waals surface area contributed by atoms with Gasteiger partial charge in [-0.05, 0) is 72.9 Å². The maximum Gasteiger partial charge on any atom is 0.261 e. The van der Waals surface area contributed by atoms with Gasteiger partial charge >= 0.3 is 0 Å². The summed E-state index contributed by atoms with van der Waals surface area (Å²) in [6.45, 7) is 5.99. The van der Waals surface area contributed by atoms with Gasteiger partial charge in [0.1, 0.15) is 17.4 Å². The molecule has 0 spiro atoms. The van der Waals surface area contributed by atoms with Gasteiger partial charge in [-0.25, -0.2) is 13.4 Å². The highest BCUT2D eigenvalue weighted by molar-refractivity contribution is 7.92. The van der Waals surface area contributed by atoms with Crippen LogP contribution >= 0.6 is 0 Å². The summed E-state index contributed by atoms with van der Waals surface area (Å²) in [5.74, 6) is 1.04. The van der Waals surface area contributed by atoms with Gasteiger partial charge in [0.2, 0.25) is 5.88 Å². The van der Waals surface area contributed by atoms with E-state index in [2.05, 4.69) is 23.6 Å². The van der Waals surface area contributed by atoms with Gasteiger partial charge in [0.05, 0.1) is 10.6 Å². The summed E-state index contributed by atoms with van der Waals surface area (Å²) in [5, 5.41) is 9.15. The van der Waals surface area contributed by atoms with Crippen LogP contribution in [0.1, 0.15) is 42.9 Å². The molecule has 3 rings (SSSR count). The molecule has 3 aromatic rings. The van der Waals surface area contributed by atoms with Crippen molar-refractivity contribution in [1.82, 2.24) is 4.98 Å². The Balaban J connectivity index is 1.79. The number of benzene rings is 2. The minimum absolute atomic E-state index is 0.203. The zero-order valence-corrected chi connectivity index (χ0v) is 17.9. The average molecular weight is 422 g/mol. The standard InChI is InChI=1S/C23H23N3O3S/c1-4-16(2)18-7-10-21(11-8-18)30(27,28)26-22-12-9-20(14-17(22)3)29-23-19(15-24)6-5-13-25-23/h5-14,16,26H,4H2,1-3H3. The van der Waals surface area contributed by atoms with E-state index in [1.54, 1.807) is 49.4 Å². The summed E-state index contributed by atoms with van der Waals surface area (Å²) in [6, 6.07) is 17.2. The Kier molecular flexibility index (Phi) is 6.38. The topological polar surface area (TPSA) is 92.1 Å². The van der Waals surface area contributed by atoms with Gasteiger partial charge in [-0.1, -0.05) is 26.0 Å². The number of anilines is 1. The number of nitriles is 1. The molecule has 1 heterocycles. The maximum absolute atomic E-state index is 12.8. The summed E-state index contributed by atoms with van der Waals surface area (Å²) in [6.07, 6.45) is 2.53. The van der Waals surface area contributed by atoms with Crippen LogP contribution in [0.15, 0.2) is 65.7 Å². The van der Waals surface area contributed by atoms with E-state index in [-0.39, 0.29) is 10.8 Å². The van der Waals surface area contributed by atoms with E-state index in [0.717, 1.165) is 12.0 Å². The number of ether oxygens (including phenoxy) is 1. The first-order valence-corrected chi connectivity index (χ1v) is 11.1. The normalized spacial score (nSPS) is 12.1. The Bertz CT molecular complexity index is 1180. The van der Waals surface area contributed by atoms with E-state index in [4.69, 9.17) is 10.00 Å². The molecular formula is C23H23N3O3S. The maximum atomic E-state index is 12.8. The molecule has 0 aliphatic heterocycles. The molecule has 0 fully saturated rings. The van der Waals surface area contributed by atoms with Crippen LogP contribution in [0.4, 0.5) is 5.69 Å². The summed E-state index contributed by atoms with van der Waals surface area (Å²) < 4.78 is 33.9. The Labute approximate surface area is 177 Å². The number of aromatic nitrogens is 1. The third-order valence-corrected chi connectivity index (χ3v) is 6.30. The molecule has 1 unspecified atom stereocenters. The van der Waals surface area contributed by atoms with Crippen LogP contribution in [0, 0.1) is 18.3 Å². The highest BCUT2D eigenvalue weighted by atomic mass is 32.2. The fraction of sp³-hybridized carbons (Fsp3) is 0.217. The smallest absolute Gasteiger partial charge is 0.261 e. The first kappa shape index (κ1) is 21.3. The molecule has 0 saturated carbocycles. The molecule has 2 aromatic carbocycles. The van der Waals surface area contributed by atoms with Gasteiger partial charge in [-0.15, -0.1) is 0 Å². The van der Waals surface area contributed by atoms with Gasteiger partial charge in [-0.3, -0.25) is 4.72 Å². The number of sulfonamides is 1. The van der Waals surface area contributed by atoms with Crippen molar-refractivity contribution in [3.05, 3.63) is 77.5 Å². The number of aryl methyl sites for hydroxylation is 1. The Morgan fingerprint density at radius 1 is 1.17 bits per heavy atom. The van der Waals surface area contributed by atoms with E-state index >= 15 is 0 Å². The van der Waals surface area contributed by atoms with Crippen LogP contribution in [-0.2, 0) is 10.0 Å². The summed E-state index contributed by atoms with van der Waals surface area (Å²) in [5.41, 5.74) is 2.57. The molecule has 7 heteroatoms. The SMILES string of the molecule is CCC(C)c1ccc(S(=O)(=O)Nc2ccc(Oc3ncccc3C#N)cc2C)cc1. The largest absolute Gasteiger partial charge is 0.438 e. The van der Waals surface area contributed by atoms with Crippen molar-refractivity contribution < 1.29 is 13.2 Å². The lowest BCUT2D eigenvalue weighted by Crippen LogP contribution is -2.14. The van der Waals surface area contributed by atoms with Gasteiger partial charge in [0.25, 0.3) is 10.0 Å². The van der Waals surface area contributed by atoms with Crippen LogP contribution in [0.2, 0.25) is 0 Å². The number of rotatable bonds is 7.